The van der Waals surface area contributed by atoms with Crippen LogP contribution in [-0.4, -0.2) is 6.61 Å². The molecule has 0 saturated heterocycles. The Labute approximate surface area is 194 Å². The first-order valence-electron chi connectivity index (χ1n) is 13.0. The summed E-state index contributed by atoms with van der Waals surface area (Å²) in [6, 6.07) is 14.3. The molecule has 0 aliphatic carbocycles. The van der Waals surface area contributed by atoms with Crippen LogP contribution in [0.3, 0.4) is 0 Å². The molecule has 0 aliphatic rings. The van der Waals surface area contributed by atoms with Crippen LogP contribution in [-0.2, 0) is 6.42 Å². The Morgan fingerprint density at radius 3 is 2.00 bits per heavy atom. The molecule has 0 radical (unpaired) electrons. The van der Waals surface area contributed by atoms with E-state index < -0.39 is 0 Å². The van der Waals surface area contributed by atoms with E-state index in [4.69, 9.17) is 4.74 Å². The minimum atomic E-state index is -0.0404. The number of fused-ring (bicyclic) bond motifs is 3. The third-order valence-corrected chi connectivity index (χ3v) is 6.57. The van der Waals surface area contributed by atoms with Gasteiger partial charge in [-0.2, -0.15) is 0 Å². The highest BCUT2D eigenvalue weighted by atomic mass is 19.1. The highest BCUT2D eigenvalue weighted by molar-refractivity contribution is 6.08. The maximum absolute atomic E-state index is 15.2. The monoisotopic (exact) mass is 436 g/mol. The van der Waals surface area contributed by atoms with Crippen molar-refractivity contribution in [1.29, 1.82) is 0 Å². The van der Waals surface area contributed by atoms with Gasteiger partial charge in [-0.15, -0.1) is 0 Å². The summed E-state index contributed by atoms with van der Waals surface area (Å²) in [6.07, 6.45) is 15.8. The Bertz CT molecular complexity index is 962. The SMILES string of the molecule is CCCCCCCCOc1ccc2c(ccc3c(F)c(CCCCCCCC)ccc32)c1. The fourth-order valence-corrected chi connectivity index (χ4v) is 4.58. The van der Waals surface area contributed by atoms with Crippen LogP contribution in [0.1, 0.15) is 96.5 Å². The number of hydrogen-bond donors (Lipinski definition) is 0. The van der Waals surface area contributed by atoms with E-state index in [1.54, 1.807) is 0 Å². The van der Waals surface area contributed by atoms with Gasteiger partial charge >= 0.3 is 0 Å². The van der Waals surface area contributed by atoms with Gasteiger partial charge in [0.2, 0.25) is 0 Å². The van der Waals surface area contributed by atoms with Gasteiger partial charge in [-0.3, -0.25) is 0 Å². The molecule has 0 N–H and O–H groups in total. The molecule has 0 unspecified atom stereocenters. The summed E-state index contributed by atoms with van der Waals surface area (Å²) in [6.45, 7) is 5.25. The van der Waals surface area contributed by atoms with E-state index in [2.05, 4.69) is 32.0 Å². The quantitative estimate of drug-likeness (QED) is 0.170. The first kappa shape index (κ1) is 24.6. The van der Waals surface area contributed by atoms with Gasteiger partial charge in [-0.05, 0) is 53.1 Å². The van der Waals surface area contributed by atoms with E-state index in [0.717, 1.165) is 58.7 Å². The van der Waals surface area contributed by atoms with Crippen molar-refractivity contribution in [3.63, 3.8) is 0 Å². The summed E-state index contributed by atoms with van der Waals surface area (Å²) in [4.78, 5) is 0. The van der Waals surface area contributed by atoms with Crippen molar-refractivity contribution in [3.8, 4) is 5.75 Å². The molecular formula is C30H41FO. The first-order valence-corrected chi connectivity index (χ1v) is 13.0. The van der Waals surface area contributed by atoms with Gasteiger partial charge in [0.25, 0.3) is 0 Å². The molecule has 0 aromatic heterocycles. The Morgan fingerprint density at radius 2 is 1.25 bits per heavy atom. The van der Waals surface area contributed by atoms with Crippen molar-refractivity contribution >= 4 is 21.5 Å². The Balaban J connectivity index is 1.60. The zero-order valence-corrected chi connectivity index (χ0v) is 20.2. The van der Waals surface area contributed by atoms with E-state index in [-0.39, 0.29) is 5.82 Å². The van der Waals surface area contributed by atoms with Crippen molar-refractivity contribution in [3.05, 3.63) is 53.8 Å². The molecule has 2 heteroatoms. The van der Waals surface area contributed by atoms with Crippen molar-refractivity contribution in [2.75, 3.05) is 6.61 Å². The van der Waals surface area contributed by atoms with Gasteiger partial charge in [-0.1, -0.05) is 108 Å². The lowest BCUT2D eigenvalue weighted by atomic mass is 9.97. The lowest BCUT2D eigenvalue weighted by molar-refractivity contribution is 0.305. The molecule has 32 heavy (non-hydrogen) atoms. The predicted molar refractivity (Wildman–Crippen MR) is 137 cm³/mol. The normalized spacial score (nSPS) is 11.5. The van der Waals surface area contributed by atoms with Crippen LogP contribution in [0.2, 0.25) is 0 Å². The Morgan fingerprint density at radius 1 is 0.625 bits per heavy atom. The van der Waals surface area contributed by atoms with Crippen LogP contribution in [0.5, 0.6) is 5.75 Å². The minimum Gasteiger partial charge on any atom is -0.494 e. The fourth-order valence-electron chi connectivity index (χ4n) is 4.58. The molecule has 0 saturated carbocycles. The number of aryl methyl sites for hydroxylation is 1. The molecule has 0 atom stereocenters. The highest BCUT2D eigenvalue weighted by Crippen LogP contribution is 2.31. The number of rotatable bonds is 15. The summed E-state index contributed by atoms with van der Waals surface area (Å²) in [5.41, 5.74) is 0.853. The standard InChI is InChI=1S/C30H41FO/c1-3-5-7-9-11-13-15-24-16-19-28-27-21-18-26(32-22-14-12-10-8-6-4-2)23-25(27)17-20-29(28)30(24)31/h16-21,23H,3-15,22H2,1-2H3. The molecule has 0 spiro atoms. The van der Waals surface area contributed by atoms with Crippen LogP contribution in [0.25, 0.3) is 21.5 Å². The van der Waals surface area contributed by atoms with Crippen LogP contribution in [0.15, 0.2) is 42.5 Å². The number of unbranched alkanes of at least 4 members (excludes halogenated alkanes) is 10. The van der Waals surface area contributed by atoms with Crippen molar-refractivity contribution in [2.24, 2.45) is 0 Å². The topological polar surface area (TPSA) is 9.23 Å². The van der Waals surface area contributed by atoms with Crippen LogP contribution in [0, 0.1) is 5.82 Å². The van der Waals surface area contributed by atoms with E-state index in [0.29, 0.717) is 0 Å². The number of halogens is 1. The molecular weight excluding hydrogens is 395 g/mol. The molecule has 174 valence electrons. The maximum Gasteiger partial charge on any atom is 0.134 e. The Hall–Kier alpha value is -2.09. The third kappa shape index (κ3) is 6.95. The lowest BCUT2D eigenvalue weighted by Gasteiger charge is -2.11. The second-order valence-corrected chi connectivity index (χ2v) is 9.22. The third-order valence-electron chi connectivity index (χ3n) is 6.57. The van der Waals surface area contributed by atoms with E-state index in [1.165, 1.54) is 64.2 Å². The molecule has 0 amide bonds. The van der Waals surface area contributed by atoms with E-state index >= 15 is 4.39 Å². The van der Waals surface area contributed by atoms with Gasteiger partial charge in [-0.25, -0.2) is 4.39 Å². The van der Waals surface area contributed by atoms with Crippen molar-refractivity contribution in [1.82, 2.24) is 0 Å². The molecule has 0 fully saturated rings. The summed E-state index contributed by atoms with van der Waals surface area (Å²) in [5, 5.41) is 3.94. The second kappa shape index (κ2) is 13.5. The van der Waals surface area contributed by atoms with Crippen LogP contribution >= 0.6 is 0 Å². The Kier molecular flexibility index (Phi) is 10.3. The summed E-state index contributed by atoms with van der Waals surface area (Å²) < 4.78 is 21.2. The van der Waals surface area contributed by atoms with Gasteiger partial charge in [0.15, 0.2) is 0 Å². The average molecular weight is 437 g/mol. The smallest absolute Gasteiger partial charge is 0.134 e. The fraction of sp³-hybridized carbons (Fsp3) is 0.533. The van der Waals surface area contributed by atoms with Crippen LogP contribution in [0.4, 0.5) is 4.39 Å². The van der Waals surface area contributed by atoms with Crippen molar-refractivity contribution in [2.45, 2.75) is 97.3 Å². The second-order valence-electron chi connectivity index (χ2n) is 9.22. The summed E-state index contributed by atoms with van der Waals surface area (Å²) >= 11 is 0. The lowest BCUT2D eigenvalue weighted by Crippen LogP contribution is -1.97. The summed E-state index contributed by atoms with van der Waals surface area (Å²) in [7, 11) is 0. The van der Waals surface area contributed by atoms with E-state index in [9.17, 15) is 0 Å². The molecule has 3 aromatic rings. The van der Waals surface area contributed by atoms with E-state index in [1.807, 2.05) is 24.3 Å². The minimum absolute atomic E-state index is 0.0404. The number of ether oxygens (including phenoxy) is 1. The maximum atomic E-state index is 15.2. The number of benzene rings is 3. The van der Waals surface area contributed by atoms with Gasteiger partial charge in [0.05, 0.1) is 6.61 Å². The molecule has 3 aromatic carbocycles. The van der Waals surface area contributed by atoms with Gasteiger partial charge in [0, 0.05) is 5.39 Å². The first-order chi connectivity index (χ1) is 15.7. The summed E-state index contributed by atoms with van der Waals surface area (Å²) in [5.74, 6) is 0.868. The predicted octanol–water partition coefficient (Wildman–Crippen LogP) is 9.77. The molecule has 1 nitrogen and oxygen atoms in total. The van der Waals surface area contributed by atoms with Crippen molar-refractivity contribution < 1.29 is 9.13 Å². The zero-order chi connectivity index (χ0) is 22.6. The zero-order valence-electron chi connectivity index (χ0n) is 20.2. The van der Waals surface area contributed by atoms with Crippen LogP contribution < -0.4 is 4.74 Å². The largest absolute Gasteiger partial charge is 0.494 e. The highest BCUT2D eigenvalue weighted by Gasteiger charge is 2.10. The molecule has 0 aliphatic heterocycles. The molecule has 0 heterocycles. The average Bonchev–Trinajstić information content (AvgIpc) is 2.81. The van der Waals surface area contributed by atoms with Gasteiger partial charge in [0.1, 0.15) is 11.6 Å². The van der Waals surface area contributed by atoms with Gasteiger partial charge < -0.3 is 4.74 Å². The molecule has 3 rings (SSSR count). The molecule has 0 bridgehead atoms. The number of hydrogen-bond acceptors (Lipinski definition) is 1.